The molecule has 0 aliphatic rings. The molecule has 1 heterocycles. The summed E-state index contributed by atoms with van der Waals surface area (Å²) in [5.74, 6) is -1.30. The monoisotopic (exact) mass is 427 g/mol. The fourth-order valence-electron chi connectivity index (χ4n) is 2.65. The Bertz CT molecular complexity index is 1110. The lowest BCUT2D eigenvalue weighted by atomic mass is 10.1. The van der Waals surface area contributed by atoms with Crippen molar-refractivity contribution < 1.29 is 14.4 Å². The highest BCUT2D eigenvalue weighted by Crippen LogP contribution is 2.35. The lowest BCUT2D eigenvalue weighted by Crippen LogP contribution is -2.28. The molecule has 148 valence electrons. The molecule has 29 heavy (non-hydrogen) atoms. The van der Waals surface area contributed by atoms with E-state index in [0.717, 1.165) is 15.0 Å². The topological polar surface area (TPSA) is 101 Å². The van der Waals surface area contributed by atoms with E-state index in [4.69, 9.17) is 17.3 Å². The number of primary amides is 1. The van der Waals surface area contributed by atoms with Crippen molar-refractivity contribution in [3.63, 3.8) is 0 Å². The molecule has 0 spiro atoms. The second kappa shape index (κ2) is 9.36. The standard InChI is InChI=1S/C21H18ClN3O3S/c22-20-14-6-2-4-8-16(14)29-17(20)9-10-19(27)25-15-7-3-1-5-13(15)21(28)24-12-11-18(23)26/h1-10H,11-12H2,(H2,23,26)(H,24,28)(H,25,27)/b10-9+. The third-order valence-electron chi connectivity index (χ3n) is 4.03. The van der Waals surface area contributed by atoms with Gasteiger partial charge in [-0.05, 0) is 24.3 Å². The Kier molecular flexibility index (Phi) is 6.64. The molecule has 2 aromatic carbocycles. The van der Waals surface area contributed by atoms with Gasteiger partial charge in [-0.3, -0.25) is 14.4 Å². The van der Waals surface area contributed by atoms with E-state index in [-0.39, 0.29) is 13.0 Å². The van der Waals surface area contributed by atoms with Crippen LogP contribution in [-0.4, -0.2) is 24.3 Å². The molecule has 0 unspecified atom stereocenters. The van der Waals surface area contributed by atoms with Crippen LogP contribution in [0.5, 0.6) is 0 Å². The van der Waals surface area contributed by atoms with E-state index in [1.165, 1.54) is 17.4 Å². The molecule has 0 aliphatic carbocycles. The number of carbonyl (C=O) groups is 3. The van der Waals surface area contributed by atoms with Gasteiger partial charge in [0.2, 0.25) is 11.8 Å². The Hall–Kier alpha value is -3.16. The number of nitrogens with one attached hydrogen (secondary N) is 2. The first kappa shape index (κ1) is 20.6. The summed E-state index contributed by atoms with van der Waals surface area (Å²) in [7, 11) is 0. The summed E-state index contributed by atoms with van der Waals surface area (Å²) < 4.78 is 1.04. The quantitative estimate of drug-likeness (QED) is 0.499. The first-order valence-corrected chi connectivity index (χ1v) is 9.97. The molecule has 0 bridgehead atoms. The fraction of sp³-hybridized carbons (Fsp3) is 0.0952. The van der Waals surface area contributed by atoms with Crippen LogP contribution in [0.25, 0.3) is 16.2 Å². The minimum atomic E-state index is -0.503. The van der Waals surface area contributed by atoms with Crippen molar-refractivity contribution >= 4 is 62.5 Å². The maximum absolute atomic E-state index is 12.4. The number of hydrogen-bond donors (Lipinski definition) is 3. The van der Waals surface area contributed by atoms with Crippen molar-refractivity contribution in [1.82, 2.24) is 5.32 Å². The van der Waals surface area contributed by atoms with E-state index in [1.807, 2.05) is 24.3 Å². The zero-order valence-corrected chi connectivity index (χ0v) is 16.8. The molecule has 1 aromatic heterocycles. The summed E-state index contributed by atoms with van der Waals surface area (Å²) >= 11 is 7.87. The Balaban J connectivity index is 1.70. The number of amides is 3. The maximum Gasteiger partial charge on any atom is 0.253 e. The van der Waals surface area contributed by atoms with Crippen LogP contribution in [0.3, 0.4) is 0 Å². The van der Waals surface area contributed by atoms with E-state index in [0.29, 0.717) is 16.3 Å². The molecule has 0 fully saturated rings. The van der Waals surface area contributed by atoms with Gasteiger partial charge < -0.3 is 16.4 Å². The largest absolute Gasteiger partial charge is 0.370 e. The average molecular weight is 428 g/mol. The number of fused-ring (bicyclic) bond motifs is 1. The minimum absolute atomic E-state index is 0.0406. The molecule has 3 rings (SSSR count). The van der Waals surface area contributed by atoms with Gasteiger partial charge in [-0.25, -0.2) is 0 Å². The minimum Gasteiger partial charge on any atom is -0.370 e. The van der Waals surface area contributed by atoms with Crippen LogP contribution in [-0.2, 0) is 9.59 Å². The predicted octanol–water partition coefficient (Wildman–Crippen LogP) is 3.81. The molecule has 6 nitrogen and oxygen atoms in total. The highest BCUT2D eigenvalue weighted by Gasteiger charge is 2.13. The number of anilines is 1. The van der Waals surface area contributed by atoms with Gasteiger partial charge in [0, 0.05) is 34.0 Å². The summed E-state index contributed by atoms with van der Waals surface area (Å²) in [5, 5.41) is 6.84. The highest BCUT2D eigenvalue weighted by molar-refractivity contribution is 7.20. The van der Waals surface area contributed by atoms with Crippen LogP contribution in [0.1, 0.15) is 21.7 Å². The first-order chi connectivity index (χ1) is 14.0. The third-order valence-corrected chi connectivity index (χ3v) is 5.69. The molecule has 0 aliphatic heterocycles. The van der Waals surface area contributed by atoms with E-state index in [9.17, 15) is 14.4 Å². The van der Waals surface area contributed by atoms with E-state index < -0.39 is 17.7 Å². The number of carbonyl (C=O) groups excluding carboxylic acids is 3. The van der Waals surface area contributed by atoms with E-state index in [1.54, 1.807) is 30.3 Å². The van der Waals surface area contributed by atoms with Gasteiger partial charge in [0.1, 0.15) is 0 Å². The van der Waals surface area contributed by atoms with Crippen LogP contribution >= 0.6 is 22.9 Å². The lowest BCUT2D eigenvalue weighted by Gasteiger charge is -2.10. The summed E-state index contributed by atoms with van der Waals surface area (Å²) in [6, 6.07) is 14.3. The van der Waals surface area contributed by atoms with Crippen molar-refractivity contribution in [1.29, 1.82) is 0 Å². The van der Waals surface area contributed by atoms with Crippen LogP contribution in [0.15, 0.2) is 54.6 Å². The van der Waals surface area contributed by atoms with Gasteiger partial charge >= 0.3 is 0 Å². The summed E-state index contributed by atoms with van der Waals surface area (Å²) in [6.45, 7) is 0.126. The summed E-state index contributed by atoms with van der Waals surface area (Å²) in [5.41, 5.74) is 5.72. The van der Waals surface area contributed by atoms with Crippen molar-refractivity contribution in [2.24, 2.45) is 5.73 Å². The van der Waals surface area contributed by atoms with Crippen molar-refractivity contribution in [2.75, 3.05) is 11.9 Å². The molecule has 3 aromatic rings. The molecular weight excluding hydrogens is 410 g/mol. The van der Waals surface area contributed by atoms with Crippen molar-refractivity contribution in [3.8, 4) is 0 Å². The smallest absolute Gasteiger partial charge is 0.253 e. The summed E-state index contributed by atoms with van der Waals surface area (Å²) in [4.78, 5) is 36.2. The Morgan fingerprint density at radius 3 is 2.55 bits per heavy atom. The number of benzene rings is 2. The van der Waals surface area contributed by atoms with Crippen molar-refractivity contribution in [3.05, 3.63) is 70.1 Å². The molecule has 0 radical (unpaired) electrons. The first-order valence-electron chi connectivity index (χ1n) is 8.77. The van der Waals surface area contributed by atoms with Gasteiger partial charge in [-0.2, -0.15) is 0 Å². The van der Waals surface area contributed by atoms with Gasteiger partial charge in [0.05, 0.1) is 16.3 Å². The Morgan fingerprint density at radius 1 is 1.07 bits per heavy atom. The second-order valence-electron chi connectivity index (χ2n) is 6.12. The number of thiophene rings is 1. The molecule has 4 N–H and O–H groups in total. The lowest BCUT2D eigenvalue weighted by molar-refractivity contribution is -0.118. The average Bonchev–Trinajstić information content (AvgIpc) is 3.02. The van der Waals surface area contributed by atoms with Gasteiger partial charge in [-0.15, -0.1) is 11.3 Å². The van der Waals surface area contributed by atoms with E-state index >= 15 is 0 Å². The van der Waals surface area contributed by atoms with Gasteiger partial charge in [0.25, 0.3) is 5.91 Å². The van der Waals surface area contributed by atoms with Crippen LogP contribution in [0.4, 0.5) is 5.69 Å². The number of para-hydroxylation sites is 1. The van der Waals surface area contributed by atoms with Crippen LogP contribution in [0.2, 0.25) is 5.02 Å². The van der Waals surface area contributed by atoms with Gasteiger partial charge in [0.15, 0.2) is 0 Å². The van der Waals surface area contributed by atoms with Crippen molar-refractivity contribution in [2.45, 2.75) is 6.42 Å². The zero-order valence-electron chi connectivity index (χ0n) is 15.3. The normalized spacial score (nSPS) is 10.9. The third kappa shape index (κ3) is 5.22. The SMILES string of the molecule is NC(=O)CCNC(=O)c1ccccc1NC(=O)/C=C/c1sc2ccccc2c1Cl. The number of nitrogens with two attached hydrogens (primary N) is 1. The Morgan fingerprint density at radius 2 is 1.79 bits per heavy atom. The highest BCUT2D eigenvalue weighted by atomic mass is 35.5. The molecule has 8 heteroatoms. The van der Waals surface area contributed by atoms with Gasteiger partial charge in [-0.1, -0.05) is 41.9 Å². The van der Waals surface area contributed by atoms with Crippen LogP contribution in [0, 0.1) is 0 Å². The maximum atomic E-state index is 12.4. The molecule has 3 amide bonds. The number of hydrogen-bond acceptors (Lipinski definition) is 4. The number of rotatable bonds is 7. The fourth-order valence-corrected chi connectivity index (χ4v) is 4.05. The number of halogens is 1. The molecule has 0 saturated carbocycles. The Labute approximate surface area is 176 Å². The molecule has 0 saturated heterocycles. The van der Waals surface area contributed by atoms with E-state index in [2.05, 4.69) is 10.6 Å². The zero-order chi connectivity index (χ0) is 20.8. The molecular formula is C21H18ClN3O3S. The van der Waals surface area contributed by atoms with Crippen LogP contribution < -0.4 is 16.4 Å². The predicted molar refractivity (Wildman–Crippen MR) is 117 cm³/mol. The summed E-state index contributed by atoms with van der Waals surface area (Å²) in [6.07, 6.45) is 3.06. The molecule has 0 atom stereocenters. The second-order valence-corrected chi connectivity index (χ2v) is 7.58.